The maximum Gasteiger partial charge on any atom is 0.144 e. The molecule has 0 fully saturated rings. The van der Waals surface area contributed by atoms with Crippen molar-refractivity contribution in [2.75, 3.05) is 7.11 Å². The van der Waals surface area contributed by atoms with Gasteiger partial charge in [-0.2, -0.15) is 0 Å². The summed E-state index contributed by atoms with van der Waals surface area (Å²) in [6, 6.07) is 7.86. The summed E-state index contributed by atoms with van der Waals surface area (Å²) < 4.78 is 9.09. The van der Waals surface area contributed by atoms with Crippen LogP contribution in [0, 0.1) is 0 Å². The molecule has 3 rings (SSSR count). The first-order valence-electron chi connectivity index (χ1n) is 6.25. The summed E-state index contributed by atoms with van der Waals surface area (Å²) in [4.78, 5) is 4.07. The molecule has 0 radical (unpaired) electrons. The van der Waals surface area contributed by atoms with E-state index < -0.39 is 0 Å². The highest BCUT2D eigenvalue weighted by atomic mass is 79.9. The normalized spacial score (nSPS) is 11.0. The Morgan fingerprint density at radius 3 is 2.76 bits per heavy atom. The summed E-state index contributed by atoms with van der Waals surface area (Å²) in [5.41, 5.74) is 1.90. The first-order chi connectivity index (χ1) is 10.1. The third kappa shape index (κ3) is 2.42. The summed E-state index contributed by atoms with van der Waals surface area (Å²) in [5, 5.41) is 10.7. The zero-order valence-electron chi connectivity index (χ0n) is 11.2. The molecule has 0 bridgehead atoms. The van der Waals surface area contributed by atoms with Crippen molar-refractivity contribution in [2.24, 2.45) is 0 Å². The van der Waals surface area contributed by atoms with Crippen LogP contribution in [-0.2, 0) is 6.54 Å². The molecule has 0 saturated heterocycles. The average Bonchev–Trinajstić information content (AvgIpc) is 2.74. The molecule has 0 aliphatic rings. The number of aromatic nitrogens is 2. The Morgan fingerprint density at radius 2 is 2.00 bits per heavy atom. The second-order valence-corrected chi connectivity index (χ2v) is 6.10. The van der Waals surface area contributed by atoms with E-state index in [9.17, 15) is 5.11 Å². The molecule has 2 heterocycles. The van der Waals surface area contributed by atoms with Crippen molar-refractivity contribution in [2.45, 2.75) is 6.54 Å². The van der Waals surface area contributed by atoms with E-state index in [0.29, 0.717) is 6.54 Å². The van der Waals surface area contributed by atoms with E-state index in [1.165, 1.54) is 6.20 Å². The molecule has 1 aromatic carbocycles. The van der Waals surface area contributed by atoms with Gasteiger partial charge in [0.1, 0.15) is 16.1 Å². The van der Waals surface area contributed by atoms with Crippen LogP contribution >= 0.6 is 31.9 Å². The molecule has 0 spiro atoms. The minimum Gasteiger partial charge on any atom is -0.506 e. The van der Waals surface area contributed by atoms with Crippen molar-refractivity contribution in [3.8, 4) is 11.5 Å². The predicted molar refractivity (Wildman–Crippen MR) is 88.9 cm³/mol. The number of pyridine rings is 1. The number of rotatable bonds is 3. The van der Waals surface area contributed by atoms with E-state index in [0.717, 1.165) is 31.3 Å². The molecule has 0 aliphatic heterocycles. The highest BCUT2D eigenvalue weighted by molar-refractivity contribution is 9.13. The first-order valence-corrected chi connectivity index (χ1v) is 7.84. The van der Waals surface area contributed by atoms with Gasteiger partial charge in [0.2, 0.25) is 0 Å². The number of methoxy groups -OCH3 is 1. The van der Waals surface area contributed by atoms with Crippen LogP contribution in [0.3, 0.4) is 0 Å². The van der Waals surface area contributed by atoms with Crippen LogP contribution < -0.4 is 4.74 Å². The SMILES string of the molecule is COc1ccccc1Cn1c(Br)c(Br)c2c(O)cncc21. The maximum absolute atomic E-state index is 10.0. The van der Waals surface area contributed by atoms with E-state index in [2.05, 4.69) is 36.8 Å². The molecular weight excluding hydrogens is 400 g/mol. The zero-order valence-corrected chi connectivity index (χ0v) is 14.3. The smallest absolute Gasteiger partial charge is 0.144 e. The fraction of sp³-hybridized carbons (Fsp3) is 0.133. The van der Waals surface area contributed by atoms with Gasteiger partial charge in [-0.15, -0.1) is 0 Å². The van der Waals surface area contributed by atoms with Crippen LogP contribution in [0.2, 0.25) is 0 Å². The van der Waals surface area contributed by atoms with Crippen LogP contribution in [-0.4, -0.2) is 21.8 Å². The van der Waals surface area contributed by atoms with E-state index in [1.807, 2.05) is 28.8 Å². The third-order valence-corrected chi connectivity index (χ3v) is 5.48. The lowest BCUT2D eigenvalue weighted by molar-refractivity contribution is 0.408. The van der Waals surface area contributed by atoms with Gasteiger partial charge in [-0.1, -0.05) is 18.2 Å². The van der Waals surface area contributed by atoms with Gasteiger partial charge in [-0.25, -0.2) is 0 Å². The predicted octanol–water partition coefficient (Wildman–Crippen LogP) is 4.32. The van der Waals surface area contributed by atoms with Crippen LogP contribution in [0.1, 0.15) is 5.56 Å². The minimum atomic E-state index is 0.152. The van der Waals surface area contributed by atoms with E-state index >= 15 is 0 Å². The number of hydrogen-bond donors (Lipinski definition) is 1. The average molecular weight is 412 g/mol. The number of benzene rings is 1. The summed E-state index contributed by atoms with van der Waals surface area (Å²) in [5.74, 6) is 0.981. The van der Waals surface area contributed by atoms with E-state index in [-0.39, 0.29) is 5.75 Å². The summed E-state index contributed by atoms with van der Waals surface area (Å²) in [6.07, 6.45) is 3.17. The quantitative estimate of drug-likeness (QED) is 0.697. The highest BCUT2D eigenvalue weighted by Crippen LogP contribution is 2.39. The lowest BCUT2D eigenvalue weighted by Gasteiger charge is -2.11. The topological polar surface area (TPSA) is 47.3 Å². The molecule has 6 heteroatoms. The minimum absolute atomic E-state index is 0.152. The number of fused-ring (bicyclic) bond motifs is 1. The molecule has 0 saturated carbocycles. The van der Waals surface area contributed by atoms with Gasteiger partial charge >= 0.3 is 0 Å². The van der Waals surface area contributed by atoms with Gasteiger partial charge in [0.05, 0.1) is 41.4 Å². The van der Waals surface area contributed by atoms with E-state index in [4.69, 9.17) is 4.74 Å². The van der Waals surface area contributed by atoms with Crippen LogP contribution in [0.4, 0.5) is 0 Å². The van der Waals surface area contributed by atoms with Gasteiger partial charge in [0.25, 0.3) is 0 Å². The molecule has 1 N–H and O–H groups in total. The van der Waals surface area contributed by atoms with E-state index in [1.54, 1.807) is 13.3 Å². The Morgan fingerprint density at radius 1 is 1.24 bits per heavy atom. The summed E-state index contributed by atoms with van der Waals surface area (Å²) in [7, 11) is 1.66. The lowest BCUT2D eigenvalue weighted by Crippen LogP contribution is -2.02. The summed E-state index contributed by atoms with van der Waals surface area (Å²) in [6.45, 7) is 0.609. The van der Waals surface area contributed by atoms with Crippen LogP contribution in [0.25, 0.3) is 10.9 Å². The Balaban J connectivity index is 2.17. The molecule has 108 valence electrons. The van der Waals surface area contributed by atoms with Crippen molar-refractivity contribution in [3.63, 3.8) is 0 Å². The number of para-hydroxylation sites is 1. The number of nitrogens with zero attached hydrogens (tertiary/aromatic N) is 2. The number of aromatic hydroxyl groups is 1. The lowest BCUT2D eigenvalue weighted by atomic mass is 10.2. The highest BCUT2D eigenvalue weighted by Gasteiger charge is 2.17. The molecule has 4 nitrogen and oxygen atoms in total. The monoisotopic (exact) mass is 410 g/mol. The van der Waals surface area contributed by atoms with Crippen molar-refractivity contribution in [3.05, 3.63) is 51.3 Å². The van der Waals surface area contributed by atoms with Crippen molar-refractivity contribution >= 4 is 42.8 Å². The standard InChI is InChI=1S/C15H12Br2N2O2/c1-21-12-5-3-2-4-9(12)8-19-10-6-18-7-11(20)13(10)14(16)15(19)17/h2-7,20H,8H2,1H3. The maximum atomic E-state index is 10.0. The van der Waals surface area contributed by atoms with Gasteiger partial charge < -0.3 is 14.4 Å². The van der Waals surface area contributed by atoms with Gasteiger partial charge in [0, 0.05) is 5.56 Å². The molecule has 21 heavy (non-hydrogen) atoms. The molecule has 0 amide bonds. The first kappa shape index (κ1) is 14.4. The fourth-order valence-electron chi connectivity index (χ4n) is 2.35. The molecule has 0 aliphatic carbocycles. The molecule has 2 aromatic heterocycles. The Kier molecular flexibility index (Phi) is 3.91. The molecule has 3 aromatic rings. The second-order valence-electron chi connectivity index (χ2n) is 4.56. The van der Waals surface area contributed by atoms with Crippen molar-refractivity contribution in [1.29, 1.82) is 0 Å². The van der Waals surface area contributed by atoms with Crippen LogP contribution in [0.15, 0.2) is 45.7 Å². The largest absolute Gasteiger partial charge is 0.506 e. The van der Waals surface area contributed by atoms with Gasteiger partial charge in [-0.3, -0.25) is 4.98 Å². The molecule has 0 atom stereocenters. The number of hydrogen-bond acceptors (Lipinski definition) is 3. The van der Waals surface area contributed by atoms with Crippen LogP contribution in [0.5, 0.6) is 11.5 Å². The third-order valence-electron chi connectivity index (χ3n) is 3.36. The Hall–Kier alpha value is -1.53. The van der Waals surface area contributed by atoms with Gasteiger partial charge in [0.15, 0.2) is 0 Å². The fourth-order valence-corrected chi connectivity index (χ4v) is 3.49. The number of ether oxygens (including phenoxy) is 1. The van der Waals surface area contributed by atoms with Crippen molar-refractivity contribution in [1.82, 2.24) is 9.55 Å². The zero-order chi connectivity index (χ0) is 15.0. The number of halogens is 2. The molecular formula is C15H12Br2N2O2. The van der Waals surface area contributed by atoms with Crippen molar-refractivity contribution < 1.29 is 9.84 Å². The second kappa shape index (κ2) is 5.69. The Labute approximate surface area is 138 Å². The molecule has 0 unspecified atom stereocenters. The van der Waals surface area contributed by atoms with Gasteiger partial charge in [-0.05, 0) is 37.9 Å². The Bertz CT molecular complexity index is 815. The summed E-state index contributed by atoms with van der Waals surface area (Å²) >= 11 is 7.08.